The summed E-state index contributed by atoms with van der Waals surface area (Å²) >= 11 is 4.98. The molecule has 0 saturated heterocycles. The SMILES string of the molecule is CC(=O)NC(=S)Nc1ccc(C(=O)N(C)c2ccccc2)cc1. The molecule has 0 saturated carbocycles. The van der Waals surface area contributed by atoms with Crippen LogP contribution in [0.1, 0.15) is 17.3 Å². The summed E-state index contributed by atoms with van der Waals surface area (Å²) in [7, 11) is 1.73. The lowest BCUT2D eigenvalue weighted by Gasteiger charge is -2.17. The van der Waals surface area contributed by atoms with Crippen LogP contribution in [0.5, 0.6) is 0 Å². The highest BCUT2D eigenvalue weighted by molar-refractivity contribution is 7.80. The van der Waals surface area contributed by atoms with Gasteiger partial charge < -0.3 is 15.5 Å². The summed E-state index contributed by atoms with van der Waals surface area (Å²) in [5.41, 5.74) is 2.08. The molecule has 118 valence electrons. The van der Waals surface area contributed by atoms with Crippen molar-refractivity contribution in [2.75, 3.05) is 17.3 Å². The zero-order chi connectivity index (χ0) is 16.8. The molecule has 0 atom stereocenters. The van der Waals surface area contributed by atoms with Gasteiger partial charge in [0.2, 0.25) is 5.91 Å². The molecule has 0 aliphatic rings. The standard InChI is InChI=1S/C17H17N3O2S/c1-12(21)18-17(23)19-14-10-8-13(9-11-14)16(22)20(2)15-6-4-3-5-7-15/h3-11H,1-2H3,(H2,18,19,21,23). The Morgan fingerprint density at radius 3 is 2.17 bits per heavy atom. The van der Waals surface area contributed by atoms with Gasteiger partial charge in [0.15, 0.2) is 5.11 Å². The van der Waals surface area contributed by atoms with Crippen LogP contribution in [0.3, 0.4) is 0 Å². The Morgan fingerprint density at radius 2 is 1.61 bits per heavy atom. The number of carbonyl (C=O) groups excluding carboxylic acids is 2. The van der Waals surface area contributed by atoms with Crippen LogP contribution in [0.15, 0.2) is 54.6 Å². The third kappa shape index (κ3) is 4.62. The van der Waals surface area contributed by atoms with Crippen molar-refractivity contribution in [2.24, 2.45) is 0 Å². The average Bonchev–Trinajstić information content (AvgIpc) is 2.54. The monoisotopic (exact) mass is 327 g/mol. The fourth-order valence-corrected chi connectivity index (χ4v) is 2.24. The Kier molecular flexibility index (Phi) is 5.43. The fraction of sp³-hybridized carbons (Fsp3) is 0.118. The molecule has 23 heavy (non-hydrogen) atoms. The van der Waals surface area contributed by atoms with Gasteiger partial charge in [0.05, 0.1) is 0 Å². The van der Waals surface area contributed by atoms with Crippen LogP contribution < -0.4 is 15.5 Å². The van der Waals surface area contributed by atoms with Gasteiger partial charge >= 0.3 is 0 Å². The molecule has 0 aromatic heterocycles. The van der Waals surface area contributed by atoms with Crippen LogP contribution in [0, 0.1) is 0 Å². The molecular weight excluding hydrogens is 310 g/mol. The minimum atomic E-state index is -0.237. The van der Waals surface area contributed by atoms with E-state index < -0.39 is 0 Å². The molecule has 2 N–H and O–H groups in total. The van der Waals surface area contributed by atoms with E-state index in [0.29, 0.717) is 11.3 Å². The highest BCUT2D eigenvalue weighted by atomic mass is 32.1. The minimum Gasteiger partial charge on any atom is -0.332 e. The Bertz CT molecular complexity index is 714. The summed E-state index contributed by atoms with van der Waals surface area (Å²) in [5.74, 6) is -0.342. The van der Waals surface area contributed by atoms with E-state index in [9.17, 15) is 9.59 Å². The minimum absolute atomic E-state index is 0.104. The van der Waals surface area contributed by atoms with Crippen LogP contribution in [-0.2, 0) is 4.79 Å². The van der Waals surface area contributed by atoms with Gasteiger partial charge in [0.25, 0.3) is 5.91 Å². The van der Waals surface area contributed by atoms with E-state index in [1.807, 2.05) is 30.3 Å². The summed E-state index contributed by atoms with van der Waals surface area (Å²) < 4.78 is 0. The van der Waals surface area contributed by atoms with Gasteiger partial charge in [-0.3, -0.25) is 9.59 Å². The number of carbonyl (C=O) groups is 2. The second kappa shape index (κ2) is 7.51. The zero-order valence-electron chi connectivity index (χ0n) is 12.9. The fourth-order valence-electron chi connectivity index (χ4n) is 1.98. The maximum atomic E-state index is 12.4. The van der Waals surface area contributed by atoms with Crippen molar-refractivity contribution in [1.29, 1.82) is 0 Å². The molecule has 5 nitrogen and oxygen atoms in total. The van der Waals surface area contributed by atoms with Gasteiger partial charge in [-0.1, -0.05) is 18.2 Å². The Morgan fingerprint density at radius 1 is 1.00 bits per heavy atom. The highest BCUT2D eigenvalue weighted by Crippen LogP contribution is 2.16. The molecule has 2 aromatic rings. The van der Waals surface area contributed by atoms with Gasteiger partial charge in [-0.2, -0.15) is 0 Å². The van der Waals surface area contributed by atoms with E-state index in [0.717, 1.165) is 5.69 Å². The van der Waals surface area contributed by atoms with Gasteiger partial charge in [0, 0.05) is 30.9 Å². The summed E-state index contributed by atoms with van der Waals surface area (Å²) in [6, 6.07) is 16.3. The van der Waals surface area contributed by atoms with E-state index in [1.54, 1.807) is 36.2 Å². The van der Waals surface area contributed by atoms with Gasteiger partial charge in [-0.25, -0.2) is 0 Å². The number of anilines is 2. The molecule has 0 fully saturated rings. The first-order chi connectivity index (χ1) is 11.0. The van der Waals surface area contributed by atoms with Crippen molar-refractivity contribution in [3.63, 3.8) is 0 Å². The second-order valence-corrected chi connectivity index (χ2v) is 5.32. The van der Waals surface area contributed by atoms with Crippen LogP contribution in [0.25, 0.3) is 0 Å². The maximum Gasteiger partial charge on any atom is 0.258 e. The van der Waals surface area contributed by atoms with Gasteiger partial charge in [0.1, 0.15) is 0 Å². The summed E-state index contributed by atoms with van der Waals surface area (Å²) in [4.78, 5) is 24.9. The Labute approximate surface area is 140 Å². The van der Waals surface area contributed by atoms with Crippen molar-refractivity contribution in [2.45, 2.75) is 6.92 Å². The highest BCUT2D eigenvalue weighted by Gasteiger charge is 2.13. The molecule has 0 aliphatic heterocycles. The number of benzene rings is 2. The van der Waals surface area contributed by atoms with Crippen molar-refractivity contribution < 1.29 is 9.59 Å². The smallest absolute Gasteiger partial charge is 0.258 e. The Balaban J connectivity index is 2.05. The maximum absolute atomic E-state index is 12.4. The molecule has 6 heteroatoms. The predicted molar refractivity (Wildman–Crippen MR) is 95.7 cm³/mol. The van der Waals surface area contributed by atoms with E-state index >= 15 is 0 Å². The topological polar surface area (TPSA) is 61.4 Å². The number of nitrogens with one attached hydrogen (secondary N) is 2. The third-order valence-corrected chi connectivity index (χ3v) is 3.33. The molecular formula is C17H17N3O2S. The molecule has 2 rings (SSSR count). The molecule has 0 spiro atoms. The number of amides is 2. The molecule has 0 heterocycles. The Hall–Kier alpha value is -2.73. The largest absolute Gasteiger partial charge is 0.332 e. The summed E-state index contributed by atoms with van der Waals surface area (Å²) in [6.07, 6.45) is 0. The first-order valence-electron chi connectivity index (χ1n) is 6.99. The third-order valence-electron chi connectivity index (χ3n) is 3.13. The molecule has 0 unspecified atom stereocenters. The van der Waals surface area contributed by atoms with E-state index in [2.05, 4.69) is 10.6 Å². The summed E-state index contributed by atoms with van der Waals surface area (Å²) in [5, 5.41) is 5.57. The van der Waals surface area contributed by atoms with Gasteiger partial charge in [-0.05, 0) is 48.6 Å². The lowest BCUT2D eigenvalue weighted by molar-refractivity contribution is -0.117. The van der Waals surface area contributed by atoms with E-state index in [-0.39, 0.29) is 16.9 Å². The second-order valence-electron chi connectivity index (χ2n) is 4.91. The molecule has 2 aromatic carbocycles. The molecule has 0 radical (unpaired) electrons. The van der Waals surface area contributed by atoms with Crippen LogP contribution in [-0.4, -0.2) is 24.0 Å². The van der Waals surface area contributed by atoms with Crippen molar-refractivity contribution in [3.8, 4) is 0 Å². The molecule has 2 amide bonds. The predicted octanol–water partition coefficient (Wildman–Crippen LogP) is 2.80. The first-order valence-corrected chi connectivity index (χ1v) is 7.40. The van der Waals surface area contributed by atoms with Crippen LogP contribution >= 0.6 is 12.2 Å². The van der Waals surface area contributed by atoms with Crippen LogP contribution in [0.2, 0.25) is 0 Å². The number of hydrogen-bond donors (Lipinski definition) is 2. The van der Waals surface area contributed by atoms with Gasteiger partial charge in [-0.15, -0.1) is 0 Å². The average molecular weight is 327 g/mol. The molecule has 0 bridgehead atoms. The van der Waals surface area contributed by atoms with Crippen molar-refractivity contribution in [3.05, 3.63) is 60.2 Å². The molecule has 0 aliphatic carbocycles. The first kappa shape index (κ1) is 16.6. The van der Waals surface area contributed by atoms with E-state index in [1.165, 1.54) is 6.92 Å². The number of para-hydroxylation sites is 1. The number of rotatable bonds is 3. The van der Waals surface area contributed by atoms with Crippen molar-refractivity contribution >= 4 is 40.5 Å². The lowest BCUT2D eigenvalue weighted by atomic mass is 10.1. The summed E-state index contributed by atoms with van der Waals surface area (Å²) in [6.45, 7) is 1.38. The number of hydrogen-bond acceptors (Lipinski definition) is 3. The number of thiocarbonyl (C=S) groups is 1. The van der Waals surface area contributed by atoms with Crippen molar-refractivity contribution in [1.82, 2.24) is 5.32 Å². The quantitative estimate of drug-likeness (QED) is 0.851. The van der Waals surface area contributed by atoms with Crippen LogP contribution in [0.4, 0.5) is 11.4 Å². The van der Waals surface area contributed by atoms with E-state index in [4.69, 9.17) is 12.2 Å². The normalized spacial score (nSPS) is 9.83. The zero-order valence-corrected chi connectivity index (χ0v) is 13.7. The lowest BCUT2D eigenvalue weighted by Crippen LogP contribution is -2.32. The number of nitrogens with zero attached hydrogens (tertiary/aromatic N) is 1.